The third-order valence-electron chi connectivity index (χ3n) is 2.15. The lowest BCUT2D eigenvalue weighted by molar-refractivity contribution is 0.163. The number of rotatable bonds is 4. The third-order valence-corrected chi connectivity index (χ3v) is 2.15. The second-order valence-corrected chi connectivity index (χ2v) is 3.58. The highest BCUT2D eigenvalue weighted by molar-refractivity contribution is 5.42. The molecule has 0 fully saturated rings. The van der Waals surface area contributed by atoms with Crippen molar-refractivity contribution in [1.29, 1.82) is 0 Å². The van der Waals surface area contributed by atoms with Gasteiger partial charge in [-0.05, 0) is 38.3 Å². The lowest BCUT2D eigenvalue weighted by Gasteiger charge is -2.23. The quantitative estimate of drug-likeness (QED) is 0.760. The van der Waals surface area contributed by atoms with Gasteiger partial charge in [-0.1, -0.05) is 6.07 Å². The van der Waals surface area contributed by atoms with Crippen LogP contribution in [0.2, 0.25) is 0 Å². The Kier molecular flexibility index (Phi) is 1.77. The van der Waals surface area contributed by atoms with E-state index < -0.39 is 38.7 Å². The summed E-state index contributed by atoms with van der Waals surface area (Å²) < 4.78 is 72.4. The Labute approximate surface area is 115 Å². The highest BCUT2D eigenvalue weighted by Gasteiger charge is 2.14. The molecule has 1 rings (SSSR count). The van der Waals surface area contributed by atoms with Crippen molar-refractivity contribution in [2.45, 2.75) is 32.2 Å². The Morgan fingerprint density at radius 2 is 2.18 bits per heavy atom. The van der Waals surface area contributed by atoms with Gasteiger partial charge in [0.25, 0.3) is 0 Å². The number of hydrogen-bond donors (Lipinski definition) is 3. The molecule has 96 valence electrons. The predicted octanol–water partition coefficient (Wildman–Crippen LogP) is 1.82. The van der Waals surface area contributed by atoms with Crippen LogP contribution in [0.5, 0.6) is 11.5 Å². The maximum absolute atomic E-state index is 10.2. The van der Waals surface area contributed by atoms with Gasteiger partial charge < -0.3 is 20.3 Å². The van der Waals surface area contributed by atoms with E-state index in [0.29, 0.717) is 0 Å². The zero-order valence-corrected chi connectivity index (χ0v) is 9.32. The molecular weight excluding hydrogens is 218 g/mol. The summed E-state index contributed by atoms with van der Waals surface area (Å²) in [5, 5.41) is 21.9. The molecule has 0 aromatic heterocycles. The standard InChI is InChI=1S/C13H21NO3/c1-13(2,3)14-8-11(16)9-5-6-10(15)12(7-9)17-4/h5-7,11,14-16H,8H2,1-4H3/i1D3,2D3,3D3. The normalized spacial score (nSPS) is 23.5. The van der Waals surface area contributed by atoms with Gasteiger partial charge in [0.2, 0.25) is 0 Å². The molecule has 3 N–H and O–H groups in total. The molecule has 0 radical (unpaired) electrons. The number of aliphatic hydroxyl groups is 1. The van der Waals surface area contributed by atoms with Gasteiger partial charge in [-0.25, -0.2) is 0 Å². The molecule has 0 aliphatic rings. The van der Waals surface area contributed by atoms with Crippen molar-refractivity contribution in [3.63, 3.8) is 0 Å². The van der Waals surface area contributed by atoms with Crippen LogP contribution in [0.3, 0.4) is 0 Å². The maximum atomic E-state index is 10.2. The molecule has 1 aromatic rings. The highest BCUT2D eigenvalue weighted by atomic mass is 16.5. The van der Waals surface area contributed by atoms with Crippen LogP contribution in [0, 0.1) is 0 Å². The van der Waals surface area contributed by atoms with Gasteiger partial charge >= 0.3 is 0 Å². The zero-order valence-electron chi connectivity index (χ0n) is 18.3. The second-order valence-electron chi connectivity index (χ2n) is 3.58. The first-order chi connectivity index (χ1) is 11.6. The van der Waals surface area contributed by atoms with Crippen molar-refractivity contribution in [3.8, 4) is 11.5 Å². The van der Waals surface area contributed by atoms with Crippen LogP contribution in [0.1, 0.15) is 44.6 Å². The van der Waals surface area contributed by atoms with E-state index in [1.54, 1.807) is 0 Å². The van der Waals surface area contributed by atoms with Crippen molar-refractivity contribution in [2.24, 2.45) is 0 Å². The van der Waals surface area contributed by atoms with Gasteiger partial charge in [-0.15, -0.1) is 0 Å². The molecule has 4 nitrogen and oxygen atoms in total. The molecule has 0 saturated carbocycles. The predicted molar refractivity (Wildman–Crippen MR) is 67.4 cm³/mol. The van der Waals surface area contributed by atoms with E-state index in [1.165, 1.54) is 25.3 Å². The number of phenolic OH excluding ortho intramolecular Hbond substituents is 1. The molecule has 0 spiro atoms. The summed E-state index contributed by atoms with van der Waals surface area (Å²) in [4.78, 5) is 0. The van der Waals surface area contributed by atoms with Crippen molar-refractivity contribution in [2.75, 3.05) is 13.7 Å². The molecule has 17 heavy (non-hydrogen) atoms. The first kappa shape index (κ1) is 5.59. The van der Waals surface area contributed by atoms with Gasteiger partial charge in [0, 0.05) is 24.4 Å². The van der Waals surface area contributed by atoms with Gasteiger partial charge in [0.15, 0.2) is 11.5 Å². The van der Waals surface area contributed by atoms with Crippen LogP contribution in [0.15, 0.2) is 18.2 Å². The fourth-order valence-electron chi connectivity index (χ4n) is 1.27. The Hall–Kier alpha value is -1.26. The number of hydrogen-bond acceptors (Lipinski definition) is 4. The van der Waals surface area contributed by atoms with E-state index in [9.17, 15) is 10.2 Å². The van der Waals surface area contributed by atoms with Crippen molar-refractivity contribution in [3.05, 3.63) is 23.8 Å². The van der Waals surface area contributed by atoms with E-state index in [1.807, 2.05) is 0 Å². The Balaban J connectivity index is 3.22. The minimum atomic E-state index is -3.41. The monoisotopic (exact) mass is 248 g/mol. The van der Waals surface area contributed by atoms with Crippen molar-refractivity contribution in [1.82, 2.24) is 5.32 Å². The minimum Gasteiger partial charge on any atom is -0.504 e. The summed E-state index contributed by atoms with van der Waals surface area (Å²) in [6, 6.07) is 3.80. The molecule has 0 heterocycles. The number of methoxy groups -OCH3 is 1. The fourth-order valence-corrected chi connectivity index (χ4v) is 1.27. The summed E-state index contributed by atoms with van der Waals surface area (Å²) in [7, 11) is 1.28. The zero-order chi connectivity index (χ0) is 20.6. The van der Waals surface area contributed by atoms with Crippen LogP contribution in [-0.4, -0.2) is 29.4 Å². The smallest absolute Gasteiger partial charge is 0.160 e. The molecule has 0 amide bonds. The number of nitrogens with one attached hydrogen (secondary N) is 1. The molecule has 0 saturated heterocycles. The number of benzene rings is 1. The van der Waals surface area contributed by atoms with Crippen LogP contribution in [0.4, 0.5) is 0 Å². The molecule has 1 atom stereocenters. The molecule has 0 aliphatic heterocycles. The van der Waals surface area contributed by atoms with Crippen molar-refractivity contribution >= 4 is 0 Å². The van der Waals surface area contributed by atoms with Gasteiger partial charge in [0.05, 0.1) is 13.2 Å². The van der Waals surface area contributed by atoms with E-state index in [4.69, 9.17) is 17.1 Å². The van der Waals surface area contributed by atoms with Gasteiger partial charge in [-0.2, -0.15) is 0 Å². The third kappa shape index (κ3) is 4.24. The Morgan fingerprint density at radius 3 is 2.76 bits per heavy atom. The van der Waals surface area contributed by atoms with Crippen LogP contribution in [-0.2, 0) is 0 Å². The Morgan fingerprint density at radius 1 is 1.47 bits per heavy atom. The lowest BCUT2D eigenvalue weighted by Crippen LogP contribution is -2.38. The second kappa shape index (κ2) is 5.38. The average molecular weight is 248 g/mol. The minimum absolute atomic E-state index is 0.0373. The summed E-state index contributed by atoms with van der Waals surface area (Å²) in [6.07, 6.45) is -1.45. The van der Waals surface area contributed by atoms with Gasteiger partial charge in [-0.3, -0.25) is 0 Å². The highest BCUT2D eigenvalue weighted by Crippen LogP contribution is 2.28. The SMILES string of the molecule is [2H]C([2H])([2H])C(NCC(O)c1ccc(O)c(OC)c1)(C([2H])([2H])[2H])C([2H])([2H])[2H]. The van der Waals surface area contributed by atoms with E-state index in [2.05, 4.69) is 5.32 Å². The average Bonchev–Trinajstić information content (AvgIpc) is 2.43. The molecule has 0 aliphatic carbocycles. The number of aromatic hydroxyl groups is 1. The van der Waals surface area contributed by atoms with E-state index in [-0.39, 0.29) is 17.1 Å². The van der Waals surface area contributed by atoms with Crippen LogP contribution >= 0.6 is 0 Å². The molecular formula is C13H21NO3. The van der Waals surface area contributed by atoms with Crippen LogP contribution < -0.4 is 10.1 Å². The molecule has 1 aromatic carbocycles. The molecule has 1 unspecified atom stereocenters. The Bertz CT molecular complexity index is 589. The number of aliphatic hydroxyl groups excluding tert-OH is 1. The summed E-state index contributed by atoms with van der Waals surface area (Å²) >= 11 is 0. The van der Waals surface area contributed by atoms with Crippen LogP contribution in [0.25, 0.3) is 0 Å². The maximum Gasteiger partial charge on any atom is 0.160 e. The number of ether oxygens (including phenoxy) is 1. The van der Waals surface area contributed by atoms with Crippen molar-refractivity contribution < 1.29 is 27.3 Å². The van der Waals surface area contributed by atoms with E-state index >= 15 is 0 Å². The topological polar surface area (TPSA) is 61.7 Å². The summed E-state index contributed by atoms with van der Waals surface area (Å²) in [5.41, 5.74) is -3.06. The largest absolute Gasteiger partial charge is 0.504 e. The fraction of sp³-hybridized carbons (Fsp3) is 0.538. The molecule has 4 heteroatoms. The summed E-state index contributed by atoms with van der Waals surface area (Å²) in [6.45, 7) is -10.9. The first-order valence-electron chi connectivity index (χ1n) is 9.38. The van der Waals surface area contributed by atoms with E-state index in [0.717, 1.165) is 0 Å². The first-order valence-corrected chi connectivity index (χ1v) is 4.88. The lowest BCUT2D eigenvalue weighted by atomic mass is 10.1. The molecule has 0 bridgehead atoms. The number of phenols is 1. The number of β-amino-alcohol motifs (C(OH)–C–C–N with tert-alkyl or cyclic N) is 1. The van der Waals surface area contributed by atoms with Gasteiger partial charge in [0.1, 0.15) is 0 Å². The summed E-state index contributed by atoms with van der Waals surface area (Å²) in [5.74, 6) is -0.159.